The number of carbonyl (C=O) groups excluding carboxylic acids is 1. The first-order valence-electron chi connectivity index (χ1n) is 9.51. The van der Waals surface area contributed by atoms with Gasteiger partial charge in [0.1, 0.15) is 0 Å². The van der Waals surface area contributed by atoms with E-state index in [0.717, 1.165) is 29.7 Å². The summed E-state index contributed by atoms with van der Waals surface area (Å²) in [5.41, 5.74) is 5.53. The summed E-state index contributed by atoms with van der Waals surface area (Å²) in [5.74, 6) is 2.26. The highest BCUT2D eigenvalue weighted by Gasteiger charge is 2.19. The molecule has 0 bridgehead atoms. The Balaban J connectivity index is 0.00000227. The van der Waals surface area contributed by atoms with Crippen LogP contribution >= 0.6 is 0 Å². The Labute approximate surface area is 171 Å². The highest BCUT2D eigenvalue weighted by molar-refractivity contribution is 5.95. The van der Waals surface area contributed by atoms with Crippen molar-refractivity contribution in [3.05, 3.63) is 58.9 Å². The van der Waals surface area contributed by atoms with Crippen molar-refractivity contribution in [2.45, 2.75) is 41.0 Å². The molecule has 152 valence electrons. The van der Waals surface area contributed by atoms with Crippen molar-refractivity contribution in [1.82, 2.24) is 10.2 Å². The van der Waals surface area contributed by atoms with E-state index in [9.17, 15) is 4.79 Å². The Morgan fingerprint density at radius 3 is 2.61 bits per heavy atom. The summed E-state index contributed by atoms with van der Waals surface area (Å²) in [5, 5.41) is 3.03. The van der Waals surface area contributed by atoms with E-state index >= 15 is 0 Å². The van der Waals surface area contributed by atoms with Gasteiger partial charge in [-0.3, -0.25) is 14.7 Å². The third-order valence-corrected chi connectivity index (χ3v) is 3.87. The van der Waals surface area contributed by atoms with Crippen LogP contribution in [-0.4, -0.2) is 43.7 Å². The van der Waals surface area contributed by atoms with Gasteiger partial charge in [-0.25, -0.2) is 0 Å². The van der Waals surface area contributed by atoms with Gasteiger partial charge in [-0.05, 0) is 64.0 Å². The maximum atomic E-state index is 12.5. The number of nitrogens with zero attached hydrogens (tertiary/aromatic N) is 2. The molecule has 0 aromatic heterocycles. The smallest absolute Gasteiger partial charge is 0.248 e. The van der Waals surface area contributed by atoms with Gasteiger partial charge in [0.05, 0.1) is 0 Å². The highest BCUT2D eigenvalue weighted by atomic mass is 16.1. The minimum absolute atomic E-state index is 0.0106. The Morgan fingerprint density at radius 2 is 2.07 bits per heavy atom. The molecule has 4 heteroatoms. The predicted molar refractivity (Wildman–Crippen MR) is 122 cm³/mol. The fraction of sp³-hybridized carbons (Fsp3) is 0.417. The van der Waals surface area contributed by atoms with E-state index in [1.54, 1.807) is 19.2 Å². The number of terminal acetylenes is 1. The van der Waals surface area contributed by atoms with Gasteiger partial charge in [0.15, 0.2) is 0 Å². The third-order valence-electron chi connectivity index (χ3n) is 3.87. The lowest BCUT2D eigenvalue weighted by Crippen LogP contribution is -2.31. The molecular formula is C24H35N3O. The van der Waals surface area contributed by atoms with Crippen LogP contribution in [0.1, 0.15) is 41.0 Å². The molecule has 0 saturated heterocycles. The maximum Gasteiger partial charge on any atom is 0.248 e. The summed E-state index contributed by atoms with van der Waals surface area (Å²) in [6.07, 6.45) is 14.9. The van der Waals surface area contributed by atoms with Gasteiger partial charge < -0.3 is 5.32 Å². The van der Waals surface area contributed by atoms with Gasteiger partial charge in [0, 0.05) is 37.6 Å². The molecule has 1 heterocycles. The number of rotatable bonds is 7. The standard InChI is InChI=1S/C21H31N3O.C3H4/c1-7-9-18-11-19(21(25)23-13-20(18)16(3)4)15-24(6)14-17(5)12-22-10-8-2;1-3-2/h8-12H,2,7,13-15H2,1,3-6H3,(H,23,25);1H,2H3/b17-12+,18-9-,22-10?;. The topological polar surface area (TPSA) is 44.7 Å². The third kappa shape index (κ3) is 9.89. The zero-order chi connectivity index (χ0) is 21.5. The van der Waals surface area contributed by atoms with Gasteiger partial charge in [0.2, 0.25) is 5.91 Å². The molecule has 0 aromatic carbocycles. The second kappa shape index (κ2) is 14.4. The molecule has 4 nitrogen and oxygen atoms in total. The van der Waals surface area contributed by atoms with Gasteiger partial charge in [-0.2, -0.15) is 0 Å². The van der Waals surface area contributed by atoms with E-state index in [1.807, 2.05) is 26.2 Å². The number of amides is 1. The molecule has 28 heavy (non-hydrogen) atoms. The van der Waals surface area contributed by atoms with Gasteiger partial charge >= 0.3 is 0 Å². The summed E-state index contributed by atoms with van der Waals surface area (Å²) in [6, 6.07) is 0. The predicted octanol–water partition coefficient (Wildman–Crippen LogP) is 4.45. The lowest BCUT2D eigenvalue weighted by Gasteiger charge is -2.18. The van der Waals surface area contributed by atoms with Crippen molar-refractivity contribution < 1.29 is 4.79 Å². The van der Waals surface area contributed by atoms with Crippen molar-refractivity contribution in [2.24, 2.45) is 4.99 Å². The molecule has 1 amide bonds. The van der Waals surface area contributed by atoms with Crippen LogP contribution in [-0.2, 0) is 4.79 Å². The van der Waals surface area contributed by atoms with E-state index in [2.05, 4.69) is 61.0 Å². The minimum Gasteiger partial charge on any atom is -0.348 e. The molecule has 1 N–H and O–H groups in total. The number of likely N-dealkylation sites (N-methyl/N-ethyl adjacent to an activating group) is 1. The first-order chi connectivity index (χ1) is 13.3. The number of allylic oxidation sites excluding steroid dienone is 4. The average Bonchev–Trinajstić information content (AvgIpc) is 2.75. The van der Waals surface area contributed by atoms with E-state index in [1.165, 1.54) is 11.1 Å². The number of aliphatic imine (C=N–C) groups is 1. The van der Waals surface area contributed by atoms with Gasteiger partial charge in [-0.15, -0.1) is 12.3 Å². The summed E-state index contributed by atoms with van der Waals surface area (Å²) >= 11 is 0. The van der Waals surface area contributed by atoms with E-state index in [4.69, 9.17) is 0 Å². The summed E-state index contributed by atoms with van der Waals surface area (Å²) in [7, 11) is 2.01. The largest absolute Gasteiger partial charge is 0.348 e. The Bertz CT molecular complexity index is 723. The molecule has 0 fully saturated rings. The van der Waals surface area contributed by atoms with Gasteiger partial charge in [0.25, 0.3) is 0 Å². The van der Waals surface area contributed by atoms with E-state index in [-0.39, 0.29) is 5.91 Å². The average molecular weight is 382 g/mol. The van der Waals surface area contributed by atoms with Crippen LogP contribution in [0.3, 0.4) is 0 Å². The lowest BCUT2D eigenvalue weighted by molar-refractivity contribution is -0.117. The van der Waals surface area contributed by atoms with Crippen molar-refractivity contribution in [3.8, 4) is 12.3 Å². The maximum absolute atomic E-state index is 12.5. The number of carbonyl (C=O) groups is 1. The van der Waals surface area contributed by atoms with Crippen LogP contribution in [0.25, 0.3) is 0 Å². The van der Waals surface area contributed by atoms with Crippen LogP contribution in [0.2, 0.25) is 0 Å². The summed E-state index contributed by atoms with van der Waals surface area (Å²) in [4.78, 5) is 18.7. The first-order valence-corrected chi connectivity index (χ1v) is 9.51. The Kier molecular flexibility index (Phi) is 13.1. The van der Waals surface area contributed by atoms with Gasteiger partial charge in [-0.1, -0.05) is 31.2 Å². The zero-order valence-electron chi connectivity index (χ0n) is 18.3. The molecule has 0 unspecified atom stereocenters. The van der Waals surface area contributed by atoms with Crippen molar-refractivity contribution in [2.75, 3.05) is 26.7 Å². The molecule has 1 aliphatic heterocycles. The number of hydrogen-bond donors (Lipinski definition) is 1. The highest BCUT2D eigenvalue weighted by Crippen LogP contribution is 2.21. The van der Waals surface area contributed by atoms with Crippen LogP contribution < -0.4 is 5.32 Å². The molecule has 0 atom stereocenters. The zero-order valence-corrected chi connectivity index (χ0v) is 18.3. The van der Waals surface area contributed by atoms with E-state index < -0.39 is 0 Å². The van der Waals surface area contributed by atoms with Crippen LogP contribution in [0, 0.1) is 12.3 Å². The molecule has 0 aliphatic carbocycles. The second-order valence-corrected chi connectivity index (χ2v) is 6.87. The summed E-state index contributed by atoms with van der Waals surface area (Å²) < 4.78 is 0. The Hall–Kier alpha value is -2.64. The Morgan fingerprint density at radius 1 is 1.43 bits per heavy atom. The SMILES string of the molecule is C#CC.C=CC=N/C=C(\C)CN(C)CC1=C/C(=C/CC)C(=C(C)C)CNC1=O. The summed E-state index contributed by atoms with van der Waals surface area (Å²) in [6.45, 7) is 15.5. The van der Waals surface area contributed by atoms with Crippen molar-refractivity contribution in [3.63, 3.8) is 0 Å². The molecule has 0 spiro atoms. The van der Waals surface area contributed by atoms with Crippen LogP contribution in [0.4, 0.5) is 0 Å². The van der Waals surface area contributed by atoms with Crippen LogP contribution in [0.5, 0.6) is 0 Å². The minimum atomic E-state index is 0.0106. The van der Waals surface area contributed by atoms with Crippen LogP contribution in [0.15, 0.2) is 63.9 Å². The number of nitrogens with one attached hydrogen (secondary N) is 1. The molecule has 0 radical (unpaired) electrons. The molecule has 0 aromatic rings. The lowest BCUT2D eigenvalue weighted by atomic mass is 9.99. The molecule has 1 aliphatic rings. The molecule has 1 rings (SSSR count). The molecular weight excluding hydrogens is 346 g/mol. The monoisotopic (exact) mass is 381 g/mol. The number of hydrogen-bond acceptors (Lipinski definition) is 3. The second-order valence-electron chi connectivity index (χ2n) is 6.87. The fourth-order valence-corrected chi connectivity index (χ4v) is 2.75. The quantitative estimate of drug-likeness (QED) is 0.523. The first kappa shape index (κ1) is 25.4. The van der Waals surface area contributed by atoms with E-state index in [0.29, 0.717) is 13.1 Å². The fourth-order valence-electron chi connectivity index (χ4n) is 2.75. The molecule has 0 saturated carbocycles. The normalized spacial score (nSPS) is 16.1. The van der Waals surface area contributed by atoms with Crippen molar-refractivity contribution in [1.29, 1.82) is 0 Å². The van der Waals surface area contributed by atoms with Crippen molar-refractivity contribution >= 4 is 12.1 Å².